The number of likely N-dealkylation sites (tertiary alicyclic amines) is 1. The van der Waals surface area contributed by atoms with Crippen LogP contribution in [0.5, 0.6) is 0 Å². The van der Waals surface area contributed by atoms with Gasteiger partial charge >= 0.3 is 19.2 Å². The van der Waals surface area contributed by atoms with Gasteiger partial charge in [-0.3, -0.25) is 4.90 Å². The van der Waals surface area contributed by atoms with Crippen LogP contribution in [0.3, 0.4) is 0 Å². The number of methoxy groups -OCH3 is 1. The maximum Gasteiger partial charge on any atom is 0.457 e. The summed E-state index contributed by atoms with van der Waals surface area (Å²) in [6.07, 6.45) is 2.45. The number of amides is 1. The molecule has 8 nitrogen and oxygen atoms in total. The van der Waals surface area contributed by atoms with Crippen LogP contribution in [0.15, 0.2) is 30.3 Å². The van der Waals surface area contributed by atoms with Crippen LogP contribution in [0.25, 0.3) is 0 Å². The molecule has 0 saturated carbocycles. The van der Waals surface area contributed by atoms with E-state index in [-0.39, 0.29) is 24.9 Å². The van der Waals surface area contributed by atoms with Crippen LogP contribution in [0.1, 0.15) is 52.5 Å². The smallest absolute Gasteiger partial charge is 0.457 e. The standard InChI is InChI=1S/C26H41BN2O6/c1-24(2)25(3,4)35-27(34-24)16-11-14-26(19-28(5)6)15-17-29(21(26)22(30)32-7)23(31)33-18-20-12-9-8-10-13-20/h8-10,12-13,21H,11,14-19H2,1-7H3/t21-,26-/m1/s1. The lowest BCUT2D eigenvalue weighted by Crippen LogP contribution is -2.52. The molecule has 2 aliphatic rings. The molecule has 0 radical (unpaired) electrons. The third-order valence-electron chi connectivity index (χ3n) is 7.65. The first-order chi connectivity index (χ1) is 16.4. The van der Waals surface area contributed by atoms with E-state index >= 15 is 0 Å². The zero-order valence-electron chi connectivity index (χ0n) is 22.3. The van der Waals surface area contributed by atoms with E-state index in [0.717, 1.165) is 18.4 Å². The third-order valence-corrected chi connectivity index (χ3v) is 7.65. The molecule has 0 aromatic heterocycles. The number of ether oxygens (including phenoxy) is 2. The molecule has 1 aromatic carbocycles. The highest BCUT2D eigenvalue weighted by molar-refractivity contribution is 6.45. The number of nitrogens with zero attached hydrogens (tertiary/aromatic N) is 2. The van der Waals surface area contributed by atoms with Gasteiger partial charge in [0.05, 0.1) is 18.3 Å². The fraction of sp³-hybridized carbons (Fsp3) is 0.692. The molecule has 0 spiro atoms. The lowest BCUT2D eigenvalue weighted by molar-refractivity contribution is -0.149. The van der Waals surface area contributed by atoms with Crippen LogP contribution in [-0.2, 0) is 30.2 Å². The lowest BCUT2D eigenvalue weighted by atomic mass is 9.72. The zero-order chi connectivity index (χ0) is 25.9. The van der Waals surface area contributed by atoms with Crippen LogP contribution in [0.4, 0.5) is 4.79 Å². The van der Waals surface area contributed by atoms with E-state index < -0.39 is 23.5 Å². The zero-order valence-corrected chi connectivity index (χ0v) is 22.3. The number of hydrogen-bond donors (Lipinski definition) is 0. The Bertz CT molecular complexity index is 862. The first-order valence-electron chi connectivity index (χ1n) is 12.5. The highest BCUT2D eigenvalue weighted by Crippen LogP contribution is 2.44. The van der Waals surface area contributed by atoms with Crippen LogP contribution in [-0.4, -0.2) is 80.5 Å². The molecule has 1 amide bonds. The van der Waals surface area contributed by atoms with Gasteiger partial charge in [0.25, 0.3) is 0 Å². The van der Waals surface area contributed by atoms with Crippen LogP contribution in [0, 0.1) is 5.41 Å². The Hall–Kier alpha value is -2.10. The van der Waals surface area contributed by atoms with Crippen molar-refractivity contribution in [3.8, 4) is 0 Å². The Kier molecular flexibility index (Phi) is 8.55. The molecule has 2 atom stereocenters. The van der Waals surface area contributed by atoms with Crippen LogP contribution in [0.2, 0.25) is 6.32 Å². The second kappa shape index (κ2) is 10.9. The molecule has 0 unspecified atom stereocenters. The average Bonchev–Trinajstić information content (AvgIpc) is 3.24. The summed E-state index contributed by atoms with van der Waals surface area (Å²) in [5, 5.41) is 0. The number of carbonyl (C=O) groups excluding carboxylic acids is 2. The van der Waals surface area contributed by atoms with Crippen LogP contribution >= 0.6 is 0 Å². The third kappa shape index (κ3) is 6.19. The van der Waals surface area contributed by atoms with Gasteiger partial charge in [-0.25, -0.2) is 9.59 Å². The summed E-state index contributed by atoms with van der Waals surface area (Å²) in [5.74, 6) is -0.406. The summed E-state index contributed by atoms with van der Waals surface area (Å²) in [4.78, 5) is 29.8. The molecule has 0 bridgehead atoms. The quantitative estimate of drug-likeness (QED) is 0.384. The van der Waals surface area contributed by atoms with Gasteiger partial charge in [-0.2, -0.15) is 0 Å². The van der Waals surface area contributed by atoms with E-state index in [2.05, 4.69) is 4.90 Å². The molecule has 194 valence electrons. The molecule has 3 rings (SSSR count). The second-order valence-electron chi connectivity index (χ2n) is 11.1. The monoisotopic (exact) mass is 488 g/mol. The summed E-state index contributed by atoms with van der Waals surface area (Å²) >= 11 is 0. The fourth-order valence-electron chi connectivity index (χ4n) is 5.27. The van der Waals surface area contributed by atoms with Crippen molar-refractivity contribution in [2.75, 3.05) is 34.3 Å². The Morgan fingerprint density at radius 2 is 1.74 bits per heavy atom. The number of carbonyl (C=O) groups is 2. The molecule has 2 aliphatic heterocycles. The summed E-state index contributed by atoms with van der Waals surface area (Å²) in [7, 11) is 5.06. The van der Waals surface area contributed by atoms with E-state index in [4.69, 9.17) is 18.8 Å². The van der Waals surface area contributed by atoms with Crippen molar-refractivity contribution < 1.29 is 28.4 Å². The average molecular weight is 488 g/mol. The van der Waals surface area contributed by atoms with Crippen molar-refractivity contribution in [2.45, 2.75) is 77.1 Å². The van der Waals surface area contributed by atoms with Crippen LogP contribution < -0.4 is 0 Å². The van der Waals surface area contributed by atoms with Crippen molar-refractivity contribution in [1.82, 2.24) is 9.80 Å². The van der Waals surface area contributed by atoms with E-state index in [1.807, 2.05) is 72.1 Å². The molecule has 2 saturated heterocycles. The number of hydrogen-bond acceptors (Lipinski definition) is 7. The van der Waals surface area contributed by atoms with Gasteiger partial charge in [0.15, 0.2) is 0 Å². The minimum Gasteiger partial charge on any atom is -0.467 e. The molecule has 0 N–H and O–H groups in total. The van der Waals surface area contributed by atoms with Gasteiger partial charge in [0, 0.05) is 18.5 Å². The molecule has 1 aromatic rings. The van der Waals surface area contributed by atoms with E-state index in [0.29, 0.717) is 25.8 Å². The molecular formula is C26H41BN2O6. The Morgan fingerprint density at radius 1 is 1.11 bits per heavy atom. The van der Waals surface area contributed by atoms with Crippen molar-refractivity contribution in [3.63, 3.8) is 0 Å². The van der Waals surface area contributed by atoms with Crippen molar-refractivity contribution in [2.24, 2.45) is 5.41 Å². The SMILES string of the molecule is COC(=O)[C@H]1N(C(=O)OCc2ccccc2)CC[C@]1(CCCB1OC(C)(C)C(C)(C)O1)CN(C)C. The molecule has 9 heteroatoms. The van der Waals surface area contributed by atoms with Crippen molar-refractivity contribution in [1.29, 1.82) is 0 Å². The predicted octanol–water partition coefficient (Wildman–Crippen LogP) is 3.99. The Balaban J connectivity index is 1.72. The first kappa shape index (κ1) is 27.5. The number of esters is 1. The molecule has 0 aliphatic carbocycles. The number of benzene rings is 1. The number of rotatable bonds is 9. The minimum absolute atomic E-state index is 0.159. The topological polar surface area (TPSA) is 77.5 Å². The fourth-order valence-corrected chi connectivity index (χ4v) is 5.27. The molecular weight excluding hydrogens is 447 g/mol. The first-order valence-corrected chi connectivity index (χ1v) is 12.5. The summed E-state index contributed by atoms with van der Waals surface area (Å²) < 4.78 is 23.1. The normalized spacial score (nSPS) is 25.2. The van der Waals surface area contributed by atoms with Gasteiger partial charge < -0.3 is 23.7 Å². The maximum absolute atomic E-state index is 13.1. The highest BCUT2D eigenvalue weighted by Gasteiger charge is 2.55. The summed E-state index contributed by atoms with van der Waals surface area (Å²) in [5.41, 5.74) is -0.302. The maximum atomic E-state index is 13.1. The Labute approximate surface area is 210 Å². The van der Waals surface area contributed by atoms with Gasteiger partial charge in [-0.1, -0.05) is 36.8 Å². The Morgan fingerprint density at radius 3 is 2.31 bits per heavy atom. The van der Waals surface area contributed by atoms with Gasteiger partial charge in [0.1, 0.15) is 12.6 Å². The van der Waals surface area contributed by atoms with Gasteiger partial charge in [-0.15, -0.1) is 0 Å². The molecule has 2 heterocycles. The van der Waals surface area contributed by atoms with Gasteiger partial charge in [-0.05, 0) is 66.5 Å². The van der Waals surface area contributed by atoms with Crippen molar-refractivity contribution in [3.05, 3.63) is 35.9 Å². The summed E-state index contributed by atoms with van der Waals surface area (Å²) in [6, 6.07) is 8.81. The summed E-state index contributed by atoms with van der Waals surface area (Å²) in [6.45, 7) is 9.43. The molecule has 2 fully saturated rings. The lowest BCUT2D eigenvalue weighted by Gasteiger charge is -2.38. The van der Waals surface area contributed by atoms with Crippen molar-refractivity contribution >= 4 is 19.2 Å². The second-order valence-corrected chi connectivity index (χ2v) is 11.1. The largest absolute Gasteiger partial charge is 0.467 e. The van der Waals surface area contributed by atoms with Gasteiger partial charge in [0.2, 0.25) is 0 Å². The minimum atomic E-state index is -0.712. The predicted molar refractivity (Wildman–Crippen MR) is 135 cm³/mol. The van der Waals surface area contributed by atoms with E-state index in [9.17, 15) is 9.59 Å². The van der Waals surface area contributed by atoms with E-state index in [1.54, 1.807) is 4.90 Å². The molecule has 35 heavy (non-hydrogen) atoms. The van der Waals surface area contributed by atoms with E-state index in [1.165, 1.54) is 7.11 Å². The highest BCUT2D eigenvalue weighted by atomic mass is 16.7.